The molecule has 1 fully saturated rings. The molecule has 4 heterocycles. The van der Waals surface area contributed by atoms with E-state index in [0.717, 1.165) is 11.6 Å². The fraction of sp³-hybridized carbons (Fsp3) is 0.238. The molecular weight excluding hydrogens is 475 g/mol. The second-order valence-corrected chi connectivity index (χ2v) is 9.83. The summed E-state index contributed by atoms with van der Waals surface area (Å²) >= 11 is 0. The maximum atomic E-state index is 14.2. The number of aryl methyl sites for hydroxylation is 1. The maximum absolute atomic E-state index is 14.2. The molecule has 0 aliphatic carbocycles. The van der Waals surface area contributed by atoms with Crippen LogP contribution in [0, 0.1) is 12.7 Å². The summed E-state index contributed by atoms with van der Waals surface area (Å²) in [5.74, 6) is 1.23. The third kappa shape index (κ3) is 4.79. The minimum Gasteiger partial charge on any atom is -0.352 e. The van der Waals surface area contributed by atoms with Crippen molar-refractivity contribution in [1.29, 1.82) is 0 Å². The van der Waals surface area contributed by atoms with Crippen LogP contribution in [0.4, 0.5) is 21.8 Å². The van der Waals surface area contributed by atoms with Crippen LogP contribution < -0.4 is 10.2 Å². The zero-order valence-corrected chi connectivity index (χ0v) is 19.4. The lowest BCUT2D eigenvalue weighted by Gasteiger charge is -2.34. The van der Waals surface area contributed by atoms with E-state index in [1.165, 1.54) is 16.4 Å². The normalized spacial score (nSPS) is 14.7. The summed E-state index contributed by atoms with van der Waals surface area (Å²) in [5, 5.41) is 24.7. The van der Waals surface area contributed by atoms with Crippen molar-refractivity contribution >= 4 is 27.5 Å². The molecule has 0 spiro atoms. The standard InChI is InChI=1S/C21H21FN10O2S/c1-14-6-7-23-19(12-14)24-18-4-5-20(26-25-18)31-8-10-32(11-9-31)35(33,34)15-2-3-17(22)16(13-15)21-27-29-30-28-21/h2-7,12-13H,8-11H2,1H3,(H,23,24,25)(H,27,28,29,30). The number of H-pyrrole nitrogens is 1. The Hall–Kier alpha value is -4.04. The van der Waals surface area contributed by atoms with Crippen molar-refractivity contribution in [3.05, 3.63) is 60.0 Å². The molecule has 0 amide bonds. The third-order valence-corrected chi connectivity index (χ3v) is 7.44. The zero-order valence-electron chi connectivity index (χ0n) is 18.6. The van der Waals surface area contributed by atoms with Crippen molar-refractivity contribution in [3.8, 4) is 11.4 Å². The number of aromatic nitrogens is 7. The van der Waals surface area contributed by atoms with Crippen molar-refractivity contribution in [1.82, 2.24) is 40.1 Å². The number of benzene rings is 1. The van der Waals surface area contributed by atoms with Gasteiger partial charge in [-0.1, -0.05) is 0 Å². The number of nitrogens with zero attached hydrogens (tertiary/aromatic N) is 8. The van der Waals surface area contributed by atoms with Gasteiger partial charge in [0.15, 0.2) is 11.6 Å². The molecule has 0 unspecified atom stereocenters. The topological polar surface area (TPSA) is 146 Å². The summed E-state index contributed by atoms with van der Waals surface area (Å²) in [7, 11) is -3.84. The van der Waals surface area contributed by atoms with Crippen molar-refractivity contribution in [2.45, 2.75) is 11.8 Å². The Labute approximate surface area is 200 Å². The lowest BCUT2D eigenvalue weighted by molar-refractivity contribution is 0.383. The van der Waals surface area contributed by atoms with E-state index in [1.54, 1.807) is 12.3 Å². The number of hydrogen-bond acceptors (Lipinski definition) is 10. The summed E-state index contributed by atoms with van der Waals surface area (Å²) in [6, 6.07) is 11.0. The number of rotatable bonds is 6. The Bertz CT molecular complexity index is 1420. The van der Waals surface area contributed by atoms with Crippen molar-refractivity contribution in [3.63, 3.8) is 0 Å². The maximum Gasteiger partial charge on any atom is 0.243 e. The second kappa shape index (κ2) is 9.31. The van der Waals surface area contributed by atoms with E-state index < -0.39 is 15.8 Å². The molecule has 1 aliphatic rings. The van der Waals surface area contributed by atoms with Crippen LogP contribution in [0.25, 0.3) is 11.4 Å². The van der Waals surface area contributed by atoms with Gasteiger partial charge >= 0.3 is 0 Å². The molecule has 4 aromatic rings. The average molecular weight is 497 g/mol. The number of hydrogen-bond donors (Lipinski definition) is 2. The largest absolute Gasteiger partial charge is 0.352 e. The van der Waals surface area contributed by atoms with Crippen LogP contribution in [0.15, 0.2) is 53.6 Å². The molecule has 1 aromatic carbocycles. The minimum absolute atomic E-state index is 0.0148. The molecule has 0 saturated carbocycles. The number of aromatic amines is 1. The van der Waals surface area contributed by atoms with Gasteiger partial charge in [-0.3, -0.25) is 0 Å². The van der Waals surface area contributed by atoms with Gasteiger partial charge in [0.1, 0.15) is 11.6 Å². The Morgan fingerprint density at radius 2 is 1.80 bits per heavy atom. The number of tetrazole rings is 1. The van der Waals surface area contributed by atoms with Gasteiger partial charge < -0.3 is 10.2 Å². The van der Waals surface area contributed by atoms with Gasteiger partial charge in [0.25, 0.3) is 0 Å². The molecule has 2 N–H and O–H groups in total. The highest BCUT2D eigenvalue weighted by Gasteiger charge is 2.30. The van der Waals surface area contributed by atoms with E-state index in [0.29, 0.717) is 30.5 Å². The van der Waals surface area contributed by atoms with E-state index >= 15 is 0 Å². The predicted octanol–water partition coefficient (Wildman–Crippen LogP) is 1.75. The molecular formula is C21H21FN10O2S. The average Bonchev–Trinajstić information content (AvgIpc) is 3.40. The molecule has 1 aliphatic heterocycles. The number of piperazine rings is 1. The van der Waals surface area contributed by atoms with Crippen LogP contribution in [0.1, 0.15) is 5.56 Å². The molecule has 0 atom stereocenters. The van der Waals surface area contributed by atoms with Gasteiger partial charge in [0.2, 0.25) is 15.8 Å². The lowest BCUT2D eigenvalue weighted by Crippen LogP contribution is -2.49. The van der Waals surface area contributed by atoms with Gasteiger partial charge in [-0.15, -0.1) is 20.4 Å². The highest BCUT2D eigenvalue weighted by Crippen LogP contribution is 2.26. The number of nitrogens with one attached hydrogen (secondary N) is 2. The highest BCUT2D eigenvalue weighted by molar-refractivity contribution is 7.89. The van der Waals surface area contributed by atoms with E-state index in [1.807, 2.05) is 30.0 Å². The molecule has 0 bridgehead atoms. The van der Waals surface area contributed by atoms with Crippen LogP contribution in [-0.2, 0) is 10.0 Å². The van der Waals surface area contributed by atoms with Gasteiger partial charge in [0.05, 0.1) is 10.5 Å². The fourth-order valence-electron chi connectivity index (χ4n) is 3.72. The SMILES string of the molecule is Cc1ccnc(Nc2ccc(N3CCN(S(=O)(=O)c4ccc(F)c(-c5nn[nH]n5)c4)CC3)nn2)c1. The van der Waals surface area contributed by atoms with E-state index in [4.69, 9.17) is 0 Å². The second-order valence-electron chi connectivity index (χ2n) is 7.89. The third-order valence-electron chi connectivity index (χ3n) is 5.55. The highest BCUT2D eigenvalue weighted by atomic mass is 32.2. The summed E-state index contributed by atoms with van der Waals surface area (Å²) in [5.41, 5.74) is 1.04. The molecule has 35 heavy (non-hydrogen) atoms. The number of pyridine rings is 1. The Kier molecular flexibility index (Phi) is 6.05. The molecule has 3 aromatic heterocycles. The van der Waals surface area contributed by atoms with E-state index in [-0.39, 0.29) is 29.4 Å². The van der Waals surface area contributed by atoms with Crippen LogP contribution in [0.5, 0.6) is 0 Å². The van der Waals surface area contributed by atoms with Crippen LogP contribution in [-0.4, -0.2) is 74.7 Å². The molecule has 14 heteroatoms. The zero-order chi connectivity index (χ0) is 24.4. The van der Waals surface area contributed by atoms with Crippen LogP contribution in [0.2, 0.25) is 0 Å². The Balaban J connectivity index is 1.25. The first-order chi connectivity index (χ1) is 16.9. The van der Waals surface area contributed by atoms with Gasteiger partial charge in [-0.25, -0.2) is 17.8 Å². The predicted molar refractivity (Wildman–Crippen MR) is 125 cm³/mol. The molecule has 12 nitrogen and oxygen atoms in total. The molecule has 1 saturated heterocycles. The van der Waals surface area contributed by atoms with Crippen molar-refractivity contribution in [2.75, 3.05) is 36.4 Å². The monoisotopic (exact) mass is 496 g/mol. The first-order valence-corrected chi connectivity index (χ1v) is 12.2. The number of anilines is 3. The lowest BCUT2D eigenvalue weighted by atomic mass is 10.2. The fourth-order valence-corrected chi connectivity index (χ4v) is 5.16. The molecule has 5 rings (SSSR count). The van der Waals surface area contributed by atoms with Gasteiger partial charge in [-0.05, 0) is 60.2 Å². The van der Waals surface area contributed by atoms with E-state index in [9.17, 15) is 12.8 Å². The van der Waals surface area contributed by atoms with Crippen LogP contribution in [0.3, 0.4) is 0 Å². The van der Waals surface area contributed by atoms with Gasteiger partial charge in [0, 0.05) is 32.4 Å². The summed E-state index contributed by atoms with van der Waals surface area (Å²) in [6.07, 6.45) is 1.71. The summed E-state index contributed by atoms with van der Waals surface area (Å²) in [6.45, 7) is 3.32. The molecule has 0 radical (unpaired) electrons. The van der Waals surface area contributed by atoms with Crippen LogP contribution >= 0.6 is 0 Å². The first-order valence-electron chi connectivity index (χ1n) is 10.7. The van der Waals surface area contributed by atoms with Crippen molar-refractivity contribution in [2.24, 2.45) is 0 Å². The van der Waals surface area contributed by atoms with E-state index in [2.05, 4.69) is 41.1 Å². The quantitative estimate of drug-likeness (QED) is 0.405. The first kappa shape index (κ1) is 22.7. The summed E-state index contributed by atoms with van der Waals surface area (Å²) in [4.78, 5) is 6.17. The summed E-state index contributed by atoms with van der Waals surface area (Å²) < 4.78 is 41.9. The Morgan fingerprint density at radius 1 is 0.971 bits per heavy atom. The Morgan fingerprint density at radius 3 is 2.49 bits per heavy atom. The molecule has 180 valence electrons. The number of halogens is 1. The number of sulfonamides is 1. The van der Waals surface area contributed by atoms with Gasteiger partial charge in [-0.2, -0.15) is 9.52 Å². The minimum atomic E-state index is -3.84. The smallest absolute Gasteiger partial charge is 0.243 e. The van der Waals surface area contributed by atoms with Crippen molar-refractivity contribution < 1.29 is 12.8 Å².